The smallest absolute Gasteiger partial charge is 0.0719 e. The van der Waals surface area contributed by atoms with Gasteiger partial charge in [0.25, 0.3) is 0 Å². The molecule has 1 aromatic carbocycles. The minimum Gasteiger partial charge on any atom is -0.395 e. The predicted molar refractivity (Wildman–Crippen MR) is 76.5 cm³/mol. The number of methoxy groups -OCH3 is 1. The highest BCUT2D eigenvalue weighted by Gasteiger charge is 2.32. The van der Waals surface area contributed by atoms with E-state index in [0.29, 0.717) is 0 Å². The van der Waals surface area contributed by atoms with Gasteiger partial charge in [-0.15, -0.1) is 0 Å². The van der Waals surface area contributed by atoms with Gasteiger partial charge in [-0.1, -0.05) is 18.2 Å². The molecular formula is C16H23NO3. The molecule has 0 aromatic heterocycles. The van der Waals surface area contributed by atoms with Crippen LogP contribution >= 0.6 is 0 Å². The Hall–Kier alpha value is -0.940. The third-order valence-electron chi connectivity index (χ3n) is 4.53. The predicted octanol–water partition coefficient (Wildman–Crippen LogP) is 1.34. The standard InChI is InChI=1S/C16H23NO3/c1-19-15-7-14(10-18)17(9-15)8-12-3-2-4-13-11-20-6-5-16(12)13/h2-4,14-15,18H,5-11H2,1H3/t14-,15+/m0/s1. The monoisotopic (exact) mass is 277 g/mol. The second-order valence-corrected chi connectivity index (χ2v) is 5.72. The molecule has 2 atom stereocenters. The van der Waals surface area contributed by atoms with Gasteiger partial charge in [-0.2, -0.15) is 0 Å². The van der Waals surface area contributed by atoms with Crippen molar-refractivity contribution < 1.29 is 14.6 Å². The second kappa shape index (κ2) is 6.22. The summed E-state index contributed by atoms with van der Waals surface area (Å²) in [5, 5.41) is 9.55. The van der Waals surface area contributed by atoms with Gasteiger partial charge >= 0.3 is 0 Å². The number of hydrogen-bond donors (Lipinski definition) is 1. The van der Waals surface area contributed by atoms with Gasteiger partial charge in [0, 0.05) is 26.2 Å². The van der Waals surface area contributed by atoms with Crippen LogP contribution in [-0.2, 0) is 29.0 Å². The molecule has 20 heavy (non-hydrogen) atoms. The first kappa shape index (κ1) is 14.0. The molecule has 2 heterocycles. The minimum absolute atomic E-state index is 0.206. The lowest BCUT2D eigenvalue weighted by Gasteiger charge is -2.26. The van der Waals surface area contributed by atoms with Crippen molar-refractivity contribution in [1.82, 2.24) is 4.90 Å². The van der Waals surface area contributed by atoms with E-state index < -0.39 is 0 Å². The average Bonchev–Trinajstić information content (AvgIpc) is 2.90. The zero-order valence-electron chi connectivity index (χ0n) is 12.0. The summed E-state index contributed by atoms with van der Waals surface area (Å²) in [6.07, 6.45) is 2.16. The maximum Gasteiger partial charge on any atom is 0.0719 e. The summed E-state index contributed by atoms with van der Waals surface area (Å²) in [4.78, 5) is 2.35. The van der Waals surface area contributed by atoms with Crippen LogP contribution in [0.2, 0.25) is 0 Å². The Morgan fingerprint density at radius 3 is 3.15 bits per heavy atom. The zero-order valence-corrected chi connectivity index (χ0v) is 12.0. The highest BCUT2D eigenvalue weighted by atomic mass is 16.5. The van der Waals surface area contributed by atoms with Crippen LogP contribution in [0.3, 0.4) is 0 Å². The number of rotatable bonds is 4. The van der Waals surface area contributed by atoms with E-state index in [9.17, 15) is 5.11 Å². The third-order valence-corrected chi connectivity index (χ3v) is 4.53. The number of ether oxygens (including phenoxy) is 2. The number of likely N-dealkylation sites (tertiary alicyclic amines) is 1. The highest BCUT2D eigenvalue weighted by Crippen LogP contribution is 2.26. The fourth-order valence-corrected chi connectivity index (χ4v) is 3.36. The van der Waals surface area contributed by atoms with Crippen molar-refractivity contribution in [2.75, 3.05) is 26.9 Å². The number of aliphatic hydroxyl groups excluding tert-OH is 1. The SMILES string of the molecule is CO[C@@H]1C[C@@H](CO)N(Cc2cccc3c2CCOC3)C1. The molecule has 3 rings (SSSR count). The molecule has 1 fully saturated rings. The van der Waals surface area contributed by atoms with E-state index in [2.05, 4.69) is 23.1 Å². The van der Waals surface area contributed by atoms with Gasteiger partial charge in [-0.05, 0) is 29.5 Å². The molecule has 110 valence electrons. The van der Waals surface area contributed by atoms with Crippen molar-refractivity contribution in [3.63, 3.8) is 0 Å². The number of nitrogens with zero attached hydrogens (tertiary/aromatic N) is 1. The normalized spacial score (nSPS) is 26.7. The van der Waals surface area contributed by atoms with Gasteiger partial charge in [-0.3, -0.25) is 4.90 Å². The van der Waals surface area contributed by atoms with Crippen molar-refractivity contribution in [3.8, 4) is 0 Å². The summed E-state index contributed by atoms with van der Waals surface area (Å²) in [6, 6.07) is 6.69. The zero-order chi connectivity index (χ0) is 13.9. The van der Waals surface area contributed by atoms with E-state index in [1.54, 1.807) is 7.11 Å². The van der Waals surface area contributed by atoms with Crippen molar-refractivity contribution in [1.29, 1.82) is 0 Å². The molecule has 2 aliphatic rings. The molecule has 1 N–H and O–H groups in total. The van der Waals surface area contributed by atoms with Crippen molar-refractivity contribution >= 4 is 0 Å². The Bertz CT molecular complexity index is 463. The molecule has 0 radical (unpaired) electrons. The topological polar surface area (TPSA) is 41.9 Å². The first-order chi connectivity index (χ1) is 9.81. The lowest BCUT2D eigenvalue weighted by Crippen LogP contribution is -2.32. The van der Waals surface area contributed by atoms with Crippen LogP contribution in [-0.4, -0.2) is 49.0 Å². The molecule has 4 nitrogen and oxygen atoms in total. The molecule has 2 aliphatic heterocycles. The fraction of sp³-hybridized carbons (Fsp3) is 0.625. The Labute approximate surface area is 120 Å². The molecule has 0 saturated carbocycles. The van der Waals surface area contributed by atoms with Crippen molar-refractivity contribution in [2.45, 2.75) is 38.1 Å². The van der Waals surface area contributed by atoms with Crippen LogP contribution in [0, 0.1) is 0 Å². The summed E-state index contributed by atoms with van der Waals surface area (Å²) >= 11 is 0. The van der Waals surface area contributed by atoms with E-state index in [-0.39, 0.29) is 18.8 Å². The first-order valence-electron chi connectivity index (χ1n) is 7.37. The number of hydrogen-bond acceptors (Lipinski definition) is 4. The molecule has 0 aliphatic carbocycles. The Balaban J connectivity index is 1.77. The molecule has 0 bridgehead atoms. The van der Waals surface area contributed by atoms with E-state index in [1.807, 2.05) is 0 Å². The van der Waals surface area contributed by atoms with Gasteiger partial charge in [-0.25, -0.2) is 0 Å². The van der Waals surface area contributed by atoms with Crippen LogP contribution < -0.4 is 0 Å². The average molecular weight is 277 g/mol. The molecule has 0 unspecified atom stereocenters. The van der Waals surface area contributed by atoms with Gasteiger partial charge in [0.1, 0.15) is 0 Å². The first-order valence-corrected chi connectivity index (χ1v) is 7.37. The number of fused-ring (bicyclic) bond motifs is 1. The van der Waals surface area contributed by atoms with Gasteiger partial charge in [0.2, 0.25) is 0 Å². The Kier molecular flexibility index (Phi) is 4.36. The van der Waals surface area contributed by atoms with E-state index in [1.165, 1.54) is 16.7 Å². The largest absolute Gasteiger partial charge is 0.395 e. The van der Waals surface area contributed by atoms with Crippen LogP contribution in [0.15, 0.2) is 18.2 Å². The lowest BCUT2D eigenvalue weighted by molar-refractivity contribution is 0.105. The quantitative estimate of drug-likeness (QED) is 0.902. The van der Waals surface area contributed by atoms with Gasteiger partial charge in [0.15, 0.2) is 0 Å². The van der Waals surface area contributed by atoms with Crippen LogP contribution in [0.5, 0.6) is 0 Å². The highest BCUT2D eigenvalue weighted by molar-refractivity contribution is 5.36. The Morgan fingerprint density at radius 1 is 1.45 bits per heavy atom. The molecule has 4 heteroatoms. The summed E-state index contributed by atoms with van der Waals surface area (Å²) in [7, 11) is 1.75. The molecule has 0 spiro atoms. The minimum atomic E-state index is 0.206. The number of benzene rings is 1. The van der Waals surface area contributed by atoms with Gasteiger partial charge in [0.05, 0.1) is 25.9 Å². The van der Waals surface area contributed by atoms with E-state index in [0.717, 1.165) is 39.1 Å². The Morgan fingerprint density at radius 2 is 2.35 bits per heavy atom. The van der Waals surface area contributed by atoms with E-state index >= 15 is 0 Å². The summed E-state index contributed by atoms with van der Waals surface area (Å²) in [5.41, 5.74) is 4.13. The molecule has 1 aromatic rings. The fourth-order valence-electron chi connectivity index (χ4n) is 3.36. The van der Waals surface area contributed by atoms with Crippen LogP contribution in [0.4, 0.5) is 0 Å². The van der Waals surface area contributed by atoms with Gasteiger partial charge < -0.3 is 14.6 Å². The second-order valence-electron chi connectivity index (χ2n) is 5.72. The number of aliphatic hydroxyl groups is 1. The van der Waals surface area contributed by atoms with Crippen LogP contribution in [0.25, 0.3) is 0 Å². The summed E-state index contributed by atoms with van der Waals surface area (Å²) in [5.74, 6) is 0. The van der Waals surface area contributed by atoms with Crippen molar-refractivity contribution in [2.24, 2.45) is 0 Å². The third kappa shape index (κ3) is 2.74. The molecule has 1 saturated heterocycles. The summed E-state index contributed by atoms with van der Waals surface area (Å²) in [6.45, 7) is 3.55. The molecule has 0 amide bonds. The molecular weight excluding hydrogens is 254 g/mol. The van der Waals surface area contributed by atoms with Crippen molar-refractivity contribution in [3.05, 3.63) is 34.9 Å². The lowest BCUT2D eigenvalue weighted by atomic mass is 9.97. The van der Waals surface area contributed by atoms with E-state index in [4.69, 9.17) is 9.47 Å². The maximum atomic E-state index is 9.55. The summed E-state index contributed by atoms with van der Waals surface area (Å²) < 4.78 is 11.0. The maximum absolute atomic E-state index is 9.55. The van der Waals surface area contributed by atoms with Crippen LogP contribution in [0.1, 0.15) is 23.1 Å².